The van der Waals surface area contributed by atoms with Crippen molar-refractivity contribution < 1.29 is 4.52 Å². The van der Waals surface area contributed by atoms with E-state index in [2.05, 4.69) is 15.0 Å². The average Bonchev–Trinajstić information content (AvgIpc) is 3.09. The quantitative estimate of drug-likeness (QED) is 0.860. The third-order valence-electron chi connectivity index (χ3n) is 4.00. The molecule has 0 atom stereocenters. The molecule has 2 N–H and O–H groups in total. The van der Waals surface area contributed by atoms with Crippen LogP contribution in [0.2, 0.25) is 0 Å². The Morgan fingerprint density at radius 1 is 1.18 bits per heavy atom. The number of hydrogen-bond acceptors (Lipinski definition) is 5. The monoisotopic (exact) mass is 236 g/mol. The first-order chi connectivity index (χ1) is 8.34. The molecule has 1 aliphatic carbocycles. The molecule has 0 spiro atoms. The zero-order chi connectivity index (χ0) is 11.7. The van der Waals surface area contributed by atoms with Crippen molar-refractivity contribution in [3.8, 4) is 0 Å². The number of nitrogens with two attached hydrogens (primary N) is 1. The van der Waals surface area contributed by atoms with E-state index >= 15 is 0 Å². The zero-order valence-electron chi connectivity index (χ0n) is 10.2. The summed E-state index contributed by atoms with van der Waals surface area (Å²) in [5.74, 6) is 1.51. The van der Waals surface area contributed by atoms with Crippen LogP contribution in [0.15, 0.2) is 4.52 Å². The second-order valence-electron chi connectivity index (χ2n) is 5.29. The van der Waals surface area contributed by atoms with Crippen LogP contribution in [0, 0.1) is 0 Å². The normalized spacial score (nSPS) is 23.5. The number of hydrogen-bond donors (Lipinski definition) is 1. The van der Waals surface area contributed by atoms with Crippen molar-refractivity contribution in [1.82, 2.24) is 10.1 Å². The smallest absolute Gasteiger partial charge is 0.266 e. The van der Waals surface area contributed by atoms with Crippen molar-refractivity contribution in [2.24, 2.45) is 5.73 Å². The summed E-state index contributed by atoms with van der Waals surface area (Å²) >= 11 is 0. The molecule has 1 aromatic rings. The van der Waals surface area contributed by atoms with Gasteiger partial charge in [-0.3, -0.25) is 0 Å². The molecule has 3 rings (SSSR count). The van der Waals surface area contributed by atoms with Crippen molar-refractivity contribution >= 4 is 5.95 Å². The fraction of sp³-hybridized carbons (Fsp3) is 0.833. The molecule has 17 heavy (non-hydrogen) atoms. The molecule has 1 saturated carbocycles. The molecule has 0 bridgehead atoms. The standard InChI is InChI=1S/C12H20N4O/c13-9-12(5-6-12)10-14-11(15-17-10)16-7-3-1-2-4-8-16/h1-9,13H2. The third kappa shape index (κ3) is 2.04. The van der Waals surface area contributed by atoms with Gasteiger partial charge in [0.25, 0.3) is 5.95 Å². The average molecular weight is 236 g/mol. The minimum Gasteiger partial charge on any atom is -0.338 e. The maximum absolute atomic E-state index is 5.77. The Morgan fingerprint density at radius 2 is 1.88 bits per heavy atom. The fourth-order valence-electron chi connectivity index (χ4n) is 2.49. The summed E-state index contributed by atoms with van der Waals surface area (Å²) < 4.78 is 5.39. The van der Waals surface area contributed by atoms with Gasteiger partial charge in [0.05, 0.1) is 5.41 Å². The van der Waals surface area contributed by atoms with Crippen LogP contribution >= 0.6 is 0 Å². The van der Waals surface area contributed by atoms with E-state index in [1.165, 1.54) is 25.7 Å². The Hall–Kier alpha value is -1.10. The maximum Gasteiger partial charge on any atom is 0.266 e. The van der Waals surface area contributed by atoms with Crippen LogP contribution in [0.25, 0.3) is 0 Å². The van der Waals surface area contributed by atoms with Gasteiger partial charge < -0.3 is 15.2 Å². The second-order valence-corrected chi connectivity index (χ2v) is 5.29. The van der Waals surface area contributed by atoms with Crippen LogP contribution in [-0.2, 0) is 5.41 Å². The Balaban J connectivity index is 1.75. The van der Waals surface area contributed by atoms with Gasteiger partial charge in [-0.2, -0.15) is 4.98 Å². The van der Waals surface area contributed by atoms with Gasteiger partial charge in [0.2, 0.25) is 5.89 Å². The van der Waals surface area contributed by atoms with E-state index in [0.29, 0.717) is 6.54 Å². The number of nitrogens with zero attached hydrogens (tertiary/aromatic N) is 3. The molecule has 1 aromatic heterocycles. The number of aromatic nitrogens is 2. The summed E-state index contributed by atoms with van der Waals surface area (Å²) in [6.45, 7) is 2.72. The molecule has 0 amide bonds. The van der Waals surface area contributed by atoms with Gasteiger partial charge in [0, 0.05) is 19.6 Å². The minimum absolute atomic E-state index is 0.0110. The van der Waals surface area contributed by atoms with E-state index in [-0.39, 0.29) is 5.41 Å². The van der Waals surface area contributed by atoms with Crippen LogP contribution < -0.4 is 10.6 Å². The summed E-state index contributed by atoms with van der Waals surface area (Å²) in [7, 11) is 0. The lowest BCUT2D eigenvalue weighted by atomic mass is 10.1. The Kier molecular flexibility index (Phi) is 2.78. The van der Waals surface area contributed by atoms with E-state index in [0.717, 1.165) is 37.8 Å². The van der Waals surface area contributed by atoms with Gasteiger partial charge in [-0.05, 0) is 30.8 Å². The van der Waals surface area contributed by atoms with Crippen molar-refractivity contribution in [3.63, 3.8) is 0 Å². The van der Waals surface area contributed by atoms with Gasteiger partial charge in [0.15, 0.2) is 0 Å². The van der Waals surface area contributed by atoms with Gasteiger partial charge in [-0.1, -0.05) is 12.8 Å². The fourth-order valence-corrected chi connectivity index (χ4v) is 2.49. The summed E-state index contributed by atoms with van der Waals surface area (Å²) in [6.07, 6.45) is 7.26. The van der Waals surface area contributed by atoms with E-state index in [1.807, 2.05) is 0 Å². The lowest BCUT2D eigenvalue weighted by molar-refractivity contribution is 0.346. The molecule has 2 heterocycles. The maximum atomic E-state index is 5.77. The van der Waals surface area contributed by atoms with E-state index < -0.39 is 0 Å². The van der Waals surface area contributed by atoms with Crippen molar-refractivity contribution in [1.29, 1.82) is 0 Å². The van der Waals surface area contributed by atoms with Crippen LogP contribution in [0.3, 0.4) is 0 Å². The summed E-state index contributed by atoms with van der Waals surface area (Å²) in [5, 5.41) is 4.12. The molecular weight excluding hydrogens is 216 g/mol. The molecule has 1 saturated heterocycles. The first-order valence-electron chi connectivity index (χ1n) is 6.63. The molecule has 0 radical (unpaired) electrons. The highest BCUT2D eigenvalue weighted by Gasteiger charge is 2.48. The van der Waals surface area contributed by atoms with Crippen LogP contribution in [0.5, 0.6) is 0 Å². The SMILES string of the molecule is NCC1(c2nc(N3CCCCCC3)no2)CC1. The Bertz CT molecular complexity index is 378. The van der Waals surface area contributed by atoms with Crippen molar-refractivity contribution in [2.45, 2.75) is 43.9 Å². The summed E-state index contributed by atoms with van der Waals surface area (Å²) in [6, 6.07) is 0. The largest absolute Gasteiger partial charge is 0.338 e. The predicted molar refractivity (Wildman–Crippen MR) is 64.9 cm³/mol. The van der Waals surface area contributed by atoms with E-state index in [1.54, 1.807) is 0 Å². The van der Waals surface area contributed by atoms with Crippen LogP contribution in [-0.4, -0.2) is 29.8 Å². The molecular formula is C12H20N4O. The molecule has 5 nitrogen and oxygen atoms in total. The Labute approximate surface area is 101 Å². The lowest BCUT2D eigenvalue weighted by Gasteiger charge is -2.16. The highest BCUT2D eigenvalue weighted by atomic mass is 16.5. The molecule has 0 aromatic carbocycles. The van der Waals surface area contributed by atoms with Gasteiger partial charge in [-0.15, -0.1) is 0 Å². The molecule has 2 fully saturated rings. The first-order valence-corrected chi connectivity index (χ1v) is 6.63. The van der Waals surface area contributed by atoms with Crippen LogP contribution in [0.1, 0.15) is 44.4 Å². The van der Waals surface area contributed by atoms with E-state index in [9.17, 15) is 0 Å². The van der Waals surface area contributed by atoms with Gasteiger partial charge in [-0.25, -0.2) is 0 Å². The first kappa shape index (κ1) is 11.0. The highest BCUT2D eigenvalue weighted by Crippen LogP contribution is 2.46. The molecule has 2 aliphatic rings. The third-order valence-corrected chi connectivity index (χ3v) is 4.00. The van der Waals surface area contributed by atoms with E-state index in [4.69, 9.17) is 10.3 Å². The van der Waals surface area contributed by atoms with Crippen molar-refractivity contribution in [2.75, 3.05) is 24.5 Å². The zero-order valence-corrected chi connectivity index (χ0v) is 10.2. The number of anilines is 1. The molecule has 94 valence electrons. The molecule has 1 aliphatic heterocycles. The summed E-state index contributed by atoms with van der Waals surface area (Å²) in [5.41, 5.74) is 5.78. The molecule has 0 unspecified atom stereocenters. The lowest BCUT2D eigenvalue weighted by Crippen LogP contribution is -2.25. The van der Waals surface area contributed by atoms with Gasteiger partial charge in [0.1, 0.15) is 0 Å². The van der Waals surface area contributed by atoms with Crippen molar-refractivity contribution in [3.05, 3.63) is 5.89 Å². The van der Waals surface area contributed by atoms with Crippen LogP contribution in [0.4, 0.5) is 5.95 Å². The second kappa shape index (κ2) is 4.29. The van der Waals surface area contributed by atoms with Gasteiger partial charge >= 0.3 is 0 Å². The summed E-state index contributed by atoms with van der Waals surface area (Å²) in [4.78, 5) is 6.79. The Morgan fingerprint density at radius 3 is 2.47 bits per heavy atom. The topological polar surface area (TPSA) is 68.2 Å². The molecule has 5 heteroatoms. The predicted octanol–water partition coefficient (Wildman–Crippen LogP) is 1.44. The highest BCUT2D eigenvalue weighted by molar-refractivity contribution is 5.30. The minimum atomic E-state index is 0.0110. The number of rotatable bonds is 3.